The molecule has 0 saturated heterocycles. The number of rotatable bonds is 4. The molecule has 0 aliphatic carbocycles. The standard InChI is InChI=1S/C13H13ClFN3O2/c1-19-11-6-12(20-2)18-10(17-11)4-7-3-8(14)5-9(15)13(7)16/h3,5-6H,4,16H2,1-2H3. The van der Waals surface area contributed by atoms with Crippen molar-refractivity contribution in [2.45, 2.75) is 6.42 Å². The van der Waals surface area contributed by atoms with E-state index in [4.69, 9.17) is 26.8 Å². The Morgan fingerprint density at radius 2 is 1.75 bits per heavy atom. The van der Waals surface area contributed by atoms with Crippen molar-refractivity contribution in [3.63, 3.8) is 0 Å². The number of nitrogen functional groups attached to an aromatic ring is 1. The second-order valence-electron chi connectivity index (χ2n) is 4.01. The zero-order valence-corrected chi connectivity index (χ0v) is 11.7. The molecule has 1 aromatic carbocycles. The van der Waals surface area contributed by atoms with Crippen LogP contribution in [0.5, 0.6) is 11.8 Å². The van der Waals surface area contributed by atoms with Crippen LogP contribution >= 0.6 is 11.6 Å². The fourth-order valence-corrected chi connectivity index (χ4v) is 1.92. The summed E-state index contributed by atoms with van der Waals surface area (Å²) in [5, 5.41) is 0.265. The lowest BCUT2D eigenvalue weighted by atomic mass is 10.1. The molecule has 0 bridgehead atoms. The van der Waals surface area contributed by atoms with Crippen LogP contribution in [0.4, 0.5) is 10.1 Å². The maximum absolute atomic E-state index is 13.5. The number of nitrogens with two attached hydrogens (primary N) is 1. The average molecular weight is 298 g/mol. The molecule has 0 radical (unpaired) electrons. The van der Waals surface area contributed by atoms with E-state index < -0.39 is 5.82 Å². The van der Waals surface area contributed by atoms with Gasteiger partial charge in [0.25, 0.3) is 0 Å². The lowest BCUT2D eigenvalue weighted by Crippen LogP contribution is -2.04. The minimum absolute atomic E-state index is 0.0276. The highest BCUT2D eigenvalue weighted by molar-refractivity contribution is 6.30. The molecule has 5 nitrogen and oxygen atoms in total. The first-order chi connectivity index (χ1) is 9.53. The SMILES string of the molecule is COc1cc(OC)nc(Cc2cc(Cl)cc(F)c2N)n1. The number of aromatic nitrogens is 2. The summed E-state index contributed by atoms with van der Waals surface area (Å²) in [7, 11) is 2.97. The van der Waals surface area contributed by atoms with Gasteiger partial charge in [0.1, 0.15) is 11.6 Å². The molecule has 106 valence electrons. The van der Waals surface area contributed by atoms with E-state index in [1.807, 2.05) is 0 Å². The van der Waals surface area contributed by atoms with Crippen LogP contribution < -0.4 is 15.2 Å². The molecule has 1 heterocycles. The summed E-state index contributed by atoms with van der Waals surface area (Å²) in [6.07, 6.45) is 0.219. The molecular weight excluding hydrogens is 285 g/mol. The van der Waals surface area contributed by atoms with Crippen molar-refractivity contribution in [1.82, 2.24) is 9.97 Å². The van der Waals surface area contributed by atoms with E-state index in [9.17, 15) is 4.39 Å². The Morgan fingerprint density at radius 1 is 1.15 bits per heavy atom. The summed E-state index contributed by atoms with van der Waals surface area (Å²) in [5.41, 5.74) is 6.22. The number of ether oxygens (including phenoxy) is 2. The number of nitrogens with zero attached hydrogens (tertiary/aromatic N) is 2. The van der Waals surface area contributed by atoms with Gasteiger partial charge in [0, 0.05) is 11.4 Å². The summed E-state index contributed by atoms with van der Waals surface area (Å²) in [6.45, 7) is 0. The third kappa shape index (κ3) is 3.08. The molecule has 2 N–H and O–H groups in total. The van der Waals surface area contributed by atoms with Gasteiger partial charge in [-0.2, -0.15) is 9.97 Å². The number of hydrogen-bond acceptors (Lipinski definition) is 5. The maximum Gasteiger partial charge on any atom is 0.220 e. The smallest absolute Gasteiger partial charge is 0.220 e. The Kier molecular flexibility index (Phi) is 4.24. The van der Waals surface area contributed by atoms with Gasteiger partial charge in [-0.1, -0.05) is 11.6 Å². The largest absolute Gasteiger partial charge is 0.481 e. The molecule has 1 aromatic heterocycles. The molecule has 0 saturated carbocycles. The third-order valence-electron chi connectivity index (χ3n) is 2.67. The van der Waals surface area contributed by atoms with E-state index in [1.54, 1.807) is 12.1 Å². The van der Waals surface area contributed by atoms with Gasteiger partial charge in [-0.15, -0.1) is 0 Å². The van der Waals surface area contributed by atoms with Gasteiger partial charge >= 0.3 is 0 Å². The van der Waals surface area contributed by atoms with Crippen LogP contribution in [-0.4, -0.2) is 24.2 Å². The summed E-state index contributed by atoms with van der Waals surface area (Å²) >= 11 is 5.82. The lowest BCUT2D eigenvalue weighted by Gasteiger charge is -2.09. The highest BCUT2D eigenvalue weighted by Crippen LogP contribution is 2.25. The number of methoxy groups -OCH3 is 2. The molecule has 2 rings (SSSR count). The van der Waals surface area contributed by atoms with Crippen molar-refractivity contribution in [3.05, 3.63) is 40.4 Å². The Hall–Kier alpha value is -2.08. The van der Waals surface area contributed by atoms with Crippen LogP contribution in [0.2, 0.25) is 5.02 Å². The Labute approximate surface area is 120 Å². The van der Waals surface area contributed by atoms with Crippen molar-refractivity contribution < 1.29 is 13.9 Å². The number of halogens is 2. The third-order valence-corrected chi connectivity index (χ3v) is 2.89. The minimum atomic E-state index is -0.567. The molecule has 0 aliphatic heterocycles. The van der Waals surface area contributed by atoms with E-state index in [0.717, 1.165) is 6.07 Å². The van der Waals surface area contributed by atoms with Gasteiger partial charge in [-0.3, -0.25) is 0 Å². The van der Waals surface area contributed by atoms with Crippen LogP contribution in [0.3, 0.4) is 0 Å². The second kappa shape index (κ2) is 5.92. The summed E-state index contributed by atoms with van der Waals surface area (Å²) in [4.78, 5) is 8.32. The summed E-state index contributed by atoms with van der Waals surface area (Å²) < 4.78 is 23.6. The van der Waals surface area contributed by atoms with Gasteiger partial charge in [-0.05, 0) is 17.7 Å². The predicted molar refractivity (Wildman–Crippen MR) is 73.8 cm³/mol. The predicted octanol–water partition coefficient (Wildman–Crippen LogP) is 2.46. The van der Waals surface area contributed by atoms with Crippen LogP contribution in [0, 0.1) is 5.82 Å². The van der Waals surface area contributed by atoms with Gasteiger partial charge in [0.2, 0.25) is 11.8 Å². The van der Waals surface area contributed by atoms with Crippen molar-refractivity contribution >= 4 is 17.3 Å². The maximum atomic E-state index is 13.5. The first kappa shape index (κ1) is 14.3. The van der Waals surface area contributed by atoms with Crippen molar-refractivity contribution in [2.75, 3.05) is 20.0 Å². The van der Waals surface area contributed by atoms with E-state index in [0.29, 0.717) is 23.1 Å². The quantitative estimate of drug-likeness (QED) is 0.878. The summed E-state index contributed by atoms with van der Waals surface area (Å²) in [6, 6.07) is 4.29. The van der Waals surface area contributed by atoms with E-state index in [1.165, 1.54) is 14.2 Å². The first-order valence-electron chi connectivity index (χ1n) is 5.72. The zero-order chi connectivity index (χ0) is 14.7. The summed E-state index contributed by atoms with van der Waals surface area (Å²) in [5.74, 6) is 0.540. The van der Waals surface area contributed by atoms with Gasteiger partial charge in [-0.25, -0.2) is 4.39 Å². The topological polar surface area (TPSA) is 70.3 Å². The minimum Gasteiger partial charge on any atom is -0.481 e. The second-order valence-corrected chi connectivity index (χ2v) is 4.44. The molecule has 0 atom stereocenters. The fourth-order valence-electron chi connectivity index (χ4n) is 1.69. The Balaban J connectivity index is 2.39. The molecule has 2 aromatic rings. The molecule has 7 heteroatoms. The van der Waals surface area contributed by atoms with E-state index in [2.05, 4.69) is 9.97 Å². The number of hydrogen-bond donors (Lipinski definition) is 1. The lowest BCUT2D eigenvalue weighted by molar-refractivity contribution is 0.369. The van der Waals surface area contributed by atoms with Crippen molar-refractivity contribution in [2.24, 2.45) is 0 Å². The van der Waals surface area contributed by atoms with Crippen LogP contribution in [0.1, 0.15) is 11.4 Å². The van der Waals surface area contributed by atoms with E-state index in [-0.39, 0.29) is 17.1 Å². The van der Waals surface area contributed by atoms with Crippen LogP contribution in [0.25, 0.3) is 0 Å². The molecular formula is C13H13ClFN3O2. The van der Waals surface area contributed by atoms with Gasteiger partial charge in [0.15, 0.2) is 0 Å². The van der Waals surface area contributed by atoms with Crippen molar-refractivity contribution in [1.29, 1.82) is 0 Å². The molecule has 0 amide bonds. The molecule has 0 unspecified atom stereocenters. The monoisotopic (exact) mass is 297 g/mol. The van der Waals surface area contributed by atoms with E-state index >= 15 is 0 Å². The molecule has 20 heavy (non-hydrogen) atoms. The molecule has 0 spiro atoms. The average Bonchev–Trinajstić information content (AvgIpc) is 2.43. The van der Waals surface area contributed by atoms with Crippen LogP contribution in [0.15, 0.2) is 18.2 Å². The van der Waals surface area contributed by atoms with Gasteiger partial charge in [0.05, 0.1) is 26.0 Å². The fraction of sp³-hybridized carbons (Fsp3) is 0.231. The highest BCUT2D eigenvalue weighted by atomic mass is 35.5. The van der Waals surface area contributed by atoms with Crippen LogP contribution in [-0.2, 0) is 6.42 Å². The van der Waals surface area contributed by atoms with Crippen molar-refractivity contribution in [3.8, 4) is 11.8 Å². The normalized spacial score (nSPS) is 10.4. The number of benzene rings is 1. The number of anilines is 1. The Bertz CT molecular complexity index is 615. The zero-order valence-electron chi connectivity index (χ0n) is 11.0. The van der Waals surface area contributed by atoms with Gasteiger partial charge < -0.3 is 15.2 Å². The highest BCUT2D eigenvalue weighted by Gasteiger charge is 2.12. The molecule has 0 aliphatic rings. The first-order valence-corrected chi connectivity index (χ1v) is 6.10. The molecule has 0 fully saturated rings. The Morgan fingerprint density at radius 3 is 2.30 bits per heavy atom.